The highest BCUT2D eigenvalue weighted by atomic mass is 15.2. The molecule has 2 fully saturated rings. The van der Waals surface area contributed by atoms with Crippen LogP contribution in [0.3, 0.4) is 0 Å². The van der Waals surface area contributed by atoms with Crippen LogP contribution in [0.5, 0.6) is 0 Å². The summed E-state index contributed by atoms with van der Waals surface area (Å²) in [4.78, 5) is 5.49. The normalized spacial score (nSPS) is 31.3. The molecule has 2 saturated heterocycles. The van der Waals surface area contributed by atoms with Crippen LogP contribution in [0.15, 0.2) is 0 Å². The average Bonchev–Trinajstić information content (AvgIpc) is 2.66. The minimum absolute atomic E-state index is 0.779. The van der Waals surface area contributed by atoms with Gasteiger partial charge in [-0.05, 0) is 77.7 Å². The molecule has 0 saturated carbocycles. The monoisotopic (exact) mass is 267 g/mol. The van der Waals surface area contributed by atoms with Gasteiger partial charge in [-0.2, -0.15) is 0 Å². The minimum atomic E-state index is 0.779. The largest absolute Gasteiger partial charge is 0.330 e. The van der Waals surface area contributed by atoms with Crippen molar-refractivity contribution in [1.82, 2.24) is 9.80 Å². The second-order valence-corrected chi connectivity index (χ2v) is 6.39. The Morgan fingerprint density at radius 1 is 1.00 bits per heavy atom. The SMILES string of the molecule is CCCN1CCCC(N2CCCCC2CCN)CC1. The van der Waals surface area contributed by atoms with Crippen molar-refractivity contribution in [3.63, 3.8) is 0 Å². The lowest BCUT2D eigenvalue weighted by atomic mass is 9.95. The second-order valence-electron chi connectivity index (χ2n) is 6.39. The fourth-order valence-corrected chi connectivity index (χ4v) is 4.02. The van der Waals surface area contributed by atoms with E-state index in [-0.39, 0.29) is 0 Å². The third-order valence-electron chi connectivity index (χ3n) is 4.97. The van der Waals surface area contributed by atoms with Crippen molar-refractivity contribution in [1.29, 1.82) is 0 Å². The summed E-state index contributed by atoms with van der Waals surface area (Å²) in [5, 5.41) is 0. The molecule has 2 atom stereocenters. The van der Waals surface area contributed by atoms with Gasteiger partial charge in [0.05, 0.1) is 0 Å². The first-order valence-corrected chi connectivity index (χ1v) is 8.53. The summed E-state index contributed by atoms with van der Waals surface area (Å²) in [7, 11) is 0. The Balaban J connectivity index is 1.88. The molecule has 2 unspecified atom stereocenters. The lowest BCUT2D eigenvalue weighted by Crippen LogP contribution is -2.47. The molecule has 0 aromatic carbocycles. The number of rotatable bonds is 5. The average molecular weight is 267 g/mol. The molecule has 0 aliphatic carbocycles. The van der Waals surface area contributed by atoms with Crippen molar-refractivity contribution in [3.05, 3.63) is 0 Å². The Morgan fingerprint density at radius 3 is 2.68 bits per heavy atom. The maximum Gasteiger partial charge on any atom is 0.0111 e. The smallest absolute Gasteiger partial charge is 0.0111 e. The molecule has 2 N–H and O–H groups in total. The number of nitrogens with two attached hydrogens (primary N) is 1. The molecule has 19 heavy (non-hydrogen) atoms. The Labute approximate surface area is 119 Å². The van der Waals surface area contributed by atoms with Crippen molar-refractivity contribution in [2.75, 3.05) is 32.7 Å². The van der Waals surface area contributed by atoms with Crippen molar-refractivity contribution in [2.24, 2.45) is 5.73 Å². The first kappa shape index (κ1) is 15.3. The summed E-state index contributed by atoms with van der Waals surface area (Å²) in [6.45, 7) is 8.40. The maximum atomic E-state index is 5.81. The Hall–Kier alpha value is -0.120. The predicted molar refractivity (Wildman–Crippen MR) is 82.4 cm³/mol. The van der Waals surface area contributed by atoms with Crippen LogP contribution in [-0.2, 0) is 0 Å². The van der Waals surface area contributed by atoms with Crippen molar-refractivity contribution < 1.29 is 0 Å². The van der Waals surface area contributed by atoms with Crippen LogP contribution in [0, 0.1) is 0 Å². The molecule has 0 spiro atoms. The van der Waals surface area contributed by atoms with E-state index in [1.54, 1.807) is 0 Å². The molecule has 0 radical (unpaired) electrons. The van der Waals surface area contributed by atoms with E-state index in [0.29, 0.717) is 0 Å². The molecule has 0 amide bonds. The number of hydrogen-bond donors (Lipinski definition) is 1. The Morgan fingerprint density at radius 2 is 1.89 bits per heavy atom. The van der Waals surface area contributed by atoms with E-state index < -0.39 is 0 Å². The fourth-order valence-electron chi connectivity index (χ4n) is 4.02. The molecule has 0 aromatic heterocycles. The van der Waals surface area contributed by atoms with Crippen molar-refractivity contribution in [2.45, 2.75) is 70.4 Å². The maximum absolute atomic E-state index is 5.81. The zero-order valence-corrected chi connectivity index (χ0v) is 12.8. The number of likely N-dealkylation sites (tertiary alicyclic amines) is 2. The van der Waals surface area contributed by atoms with Crippen molar-refractivity contribution >= 4 is 0 Å². The van der Waals surface area contributed by atoms with Crippen molar-refractivity contribution in [3.8, 4) is 0 Å². The third-order valence-corrected chi connectivity index (χ3v) is 4.97. The van der Waals surface area contributed by atoms with E-state index in [0.717, 1.165) is 18.6 Å². The fraction of sp³-hybridized carbons (Fsp3) is 1.00. The van der Waals surface area contributed by atoms with Gasteiger partial charge in [0.25, 0.3) is 0 Å². The number of piperidine rings is 1. The van der Waals surface area contributed by atoms with Gasteiger partial charge in [-0.1, -0.05) is 13.3 Å². The van der Waals surface area contributed by atoms with Crippen LogP contribution in [0.4, 0.5) is 0 Å². The highest BCUT2D eigenvalue weighted by molar-refractivity contribution is 4.85. The molecule has 0 bridgehead atoms. The van der Waals surface area contributed by atoms with Crippen LogP contribution in [0.25, 0.3) is 0 Å². The molecular formula is C16H33N3. The topological polar surface area (TPSA) is 32.5 Å². The van der Waals surface area contributed by atoms with Gasteiger partial charge in [0, 0.05) is 12.1 Å². The summed E-state index contributed by atoms with van der Waals surface area (Å²) in [6, 6.07) is 1.61. The highest BCUT2D eigenvalue weighted by Gasteiger charge is 2.29. The first-order chi connectivity index (χ1) is 9.35. The number of hydrogen-bond acceptors (Lipinski definition) is 3. The van der Waals surface area contributed by atoms with E-state index in [4.69, 9.17) is 5.73 Å². The summed E-state index contributed by atoms with van der Waals surface area (Å²) in [5.74, 6) is 0. The minimum Gasteiger partial charge on any atom is -0.330 e. The molecule has 2 aliphatic heterocycles. The van der Waals surface area contributed by atoms with E-state index in [1.165, 1.54) is 77.5 Å². The van der Waals surface area contributed by atoms with E-state index in [1.807, 2.05) is 0 Å². The quantitative estimate of drug-likeness (QED) is 0.830. The van der Waals surface area contributed by atoms with Crippen LogP contribution in [0.1, 0.15) is 58.3 Å². The van der Waals surface area contributed by atoms with Gasteiger partial charge in [-0.15, -0.1) is 0 Å². The third kappa shape index (κ3) is 4.44. The van der Waals surface area contributed by atoms with Crippen LogP contribution in [-0.4, -0.2) is 54.6 Å². The van der Waals surface area contributed by atoms with Gasteiger partial charge in [-0.25, -0.2) is 0 Å². The molecule has 2 rings (SSSR count). The predicted octanol–water partition coefficient (Wildman–Crippen LogP) is 2.45. The molecule has 2 heterocycles. The van der Waals surface area contributed by atoms with Crippen LogP contribution in [0.2, 0.25) is 0 Å². The summed E-state index contributed by atoms with van der Waals surface area (Å²) in [6.07, 6.45) is 10.9. The first-order valence-electron chi connectivity index (χ1n) is 8.53. The van der Waals surface area contributed by atoms with Gasteiger partial charge in [0.2, 0.25) is 0 Å². The standard InChI is InChI=1S/C16H33N3/c1-2-11-18-12-5-7-16(9-14-18)19-13-4-3-6-15(19)8-10-17/h15-16H,2-14,17H2,1H3. The number of nitrogens with zero attached hydrogens (tertiary/aromatic N) is 2. The molecule has 0 aromatic rings. The highest BCUT2D eigenvalue weighted by Crippen LogP contribution is 2.26. The molecular weight excluding hydrogens is 234 g/mol. The van der Waals surface area contributed by atoms with Crippen LogP contribution >= 0.6 is 0 Å². The summed E-state index contributed by atoms with van der Waals surface area (Å²) in [5.41, 5.74) is 5.81. The molecule has 112 valence electrons. The van der Waals surface area contributed by atoms with Crippen LogP contribution < -0.4 is 5.73 Å². The Bertz CT molecular complexity index is 242. The summed E-state index contributed by atoms with van der Waals surface area (Å²) >= 11 is 0. The zero-order chi connectivity index (χ0) is 13.5. The summed E-state index contributed by atoms with van der Waals surface area (Å²) < 4.78 is 0. The lowest BCUT2D eigenvalue weighted by Gasteiger charge is -2.41. The van der Waals surface area contributed by atoms with E-state index in [9.17, 15) is 0 Å². The van der Waals surface area contributed by atoms with E-state index in [2.05, 4.69) is 16.7 Å². The second kappa shape index (κ2) is 8.23. The van der Waals surface area contributed by atoms with Gasteiger partial charge in [0.1, 0.15) is 0 Å². The van der Waals surface area contributed by atoms with Gasteiger partial charge >= 0.3 is 0 Å². The lowest BCUT2D eigenvalue weighted by molar-refractivity contribution is 0.0812. The van der Waals surface area contributed by atoms with Gasteiger partial charge in [-0.3, -0.25) is 4.90 Å². The zero-order valence-electron chi connectivity index (χ0n) is 12.8. The van der Waals surface area contributed by atoms with Gasteiger partial charge < -0.3 is 10.6 Å². The van der Waals surface area contributed by atoms with Gasteiger partial charge in [0.15, 0.2) is 0 Å². The molecule has 3 nitrogen and oxygen atoms in total. The van der Waals surface area contributed by atoms with E-state index >= 15 is 0 Å². The Kier molecular flexibility index (Phi) is 6.62. The molecule has 2 aliphatic rings. The molecule has 3 heteroatoms.